The first-order chi connectivity index (χ1) is 47.2. The number of esters is 2. The van der Waals surface area contributed by atoms with Gasteiger partial charge in [0.2, 0.25) is 0 Å². The molecule has 5 aliphatic carbocycles. The molecule has 0 aromatic heterocycles. The number of allylic oxidation sites excluding steroid dienone is 3. The summed E-state index contributed by atoms with van der Waals surface area (Å²) >= 11 is 0. The molecule has 0 heterocycles. The molecule has 0 aromatic carbocycles. The van der Waals surface area contributed by atoms with Crippen LogP contribution in [0.3, 0.4) is 0 Å². The summed E-state index contributed by atoms with van der Waals surface area (Å²) in [6.07, 6.45) is 9.55. The van der Waals surface area contributed by atoms with Crippen molar-refractivity contribution in [2.75, 3.05) is 13.2 Å². The lowest BCUT2D eigenvalue weighted by Gasteiger charge is -2.72. The van der Waals surface area contributed by atoms with E-state index < -0.39 is 46.1 Å². The van der Waals surface area contributed by atoms with Crippen molar-refractivity contribution in [2.45, 2.75) is 496 Å². The second-order valence-electron chi connectivity index (χ2n) is 19.2. The van der Waals surface area contributed by atoms with E-state index in [-0.39, 0.29) is 53.7 Å². The molecule has 0 spiro atoms. The first-order valence-electron chi connectivity index (χ1n) is 43.6. The van der Waals surface area contributed by atoms with Crippen molar-refractivity contribution in [2.24, 2.45) is 50.2 Å². The van der Waals surface area contributed by atoms with Crippen LogP contribution in [0.4, 0.5) is 0 Å². The largest absolute Gasteiger partial charge is 0.465 e. The normalized spacial score (nSPS) is 24.6. The van der Waals surface area contributed by atoms with Crippen LogP contribution in [0.1, 0.15) is 472 Å². The molecule has 4 fully saturated rings. The number of aliphatic hydroxyl groups excluding tert-OH is 4. The van der Waals surface area contributed by atoms with E-state index >= 15 is 0 Å². The van der Waals surface area contributed by atoms with Crippen molar-refractivity contribution >= 4 is 11.9 Å². The number of aliphatic hydroxyl groups is 4. The quantitative estimate of drug-likeness (QED) is 0.0776. The highest BCUT2D eigenvalue weighted by molar-refractivity contribution is 5.87. The Labute approximate surface area is 631 Å². The second-order valence-corrected chi connectivity index (χ2v) is 19.2. The van der Waals surface area contributed by atoms with Crippen molar-refractivity contribution in [1.29, 1.82) is 0 Å². The molecule has 0 saturated heterocycles. The number of hydrogen-bond acceptors (Lipinski definition) is 8. The van der Waals surface area contributed by atoms with Crippen LogP contribution in [0, 0.1) is 50.2 Å². The van der Waals surface area contributed by atoms with Gasteiger partial charge in [-0.1, -0.05) is 418 Å². The van der Waals surface area contributed by atoms with Crippen LogP contribution in [0.25, 0.3) is 0 Å². The number of fused-ring (bicyclic) bond motifs is 7. The highest BCUT2D eigenvalue weighted by Gasteiger charge is 2.73. The number of unbranched alkanes of at least 4 members (excludes halogenated alkanes) is 2. The summed E-state index contributed by atoms with van der Waals surface area (Å²) in [6.45, 7) is 115. The summed E-state index contributed by atoms with van der Waals surface area (Å²) in [5, 5.41) is 47.3. The van der Waals surface area contributed by atoms with Crippen molar-refractivity contribution in [3.63, 3.8) is 0 Å². The van der Waals surface area contributed by atoms with Gasteiger partial charge in [-0.2, -0.15) is 0 Å². The van der Waals surface area contributed by atoms with Gasteiger partial charge in [0.15, 0.2) is 0 Å². The maximum absolute atomic E-state index is 12.9. The minimum Gasteiger partial charge on any atom is -0.465 e. The van der Waals surface area contributed by atoms with E-state index in [1.807, 2.05) is 339 Å². The summed E-state index contributed by atoms with van der Waals surface area (Å²) in [4.78, 5) is 25.6. The SMILES string of the molecule is C/C=C(\C)C(=O)OC[C@]1(C)C2CC[C@]3(C)C(CC=C4C5CC(C)(C)[C@@H](O)[C@H](O)[C@]5(COC(=O)CCCCC)[C@H](O)C[C@]43C)[C@@]2(C)CC[C@@H]1O.CC.CC.CC.CC.CC.CC.CC.CC.CC.CC.CC.CC.CC.CC.CC.CC.CC.CC.CC.CC.CC.CC.CC.CCC. The van der Waals surface area contributed by atoms with E-state index in [2.05, 4.69) is 54.5 Å². The fourth-order valence-corrected chi connectivity index (χ4v) is 12.1. The zero-order valence-corrected chi connectivity index (χ0v) is 80.5. The molecular formula is C90H212O8. The molecule has 0 amide bonds. The molecule has 5 aliphatic rings. The predicted octanol–water partition coefficient (Wildman–Crippen LogP) is 31.7. The van der Waals surface area contributed by atoms with Gasteiger partial charge in [-0.25, -0.2) is 4.79 Å². The van der Waals surface area contributed by atoms with Gasteiger partial charge in [0.1, 0.15) is 6.61 Å². The molecule has 5 rings (SSSR count). The highest BCUT2D eigenvalue weighted by Crippen LogP contribution is 2.76. The van der Waals surface area contributed by atoms with E-state index in [1.54, 1.807) is 13.0 Å². The summed E-state index contributed by atoms with van der Waals surface area (Å²) in [7, 11) is 0. The molecule has 0 radical (unpaired) electrons. The van der Waals surface area contributed by atoms with E-state index in [9.17, 15) is 30.0 Å². The summed E-state index contributed by atoms with van der Waals surface area (Å²) in [5.41, 5.74) is -1.33. The summed E-state index contributed by atoms with van der Waals surface area (Å²) in [6, 6.07) is 0. The van der Waals surface area contributed by atoms with E-state index in [4.69, 9.17) is 9.47 Å². The smallest absolute Gasteiger partial charge is 0.333 e. The lowest BCUT2D eigenvalue weighted by Crippen LogP contribution is -2.72. The Morgan fingerprint density at radius 2 is 0.806 bits per heavy atom. The number of carbonyl (C=O) groups excluding carboxylic acids is 2. The van der Waals surface area contributed by atoms with Gasteiger partial charge >= 0.3 is 11.9 Å². The lowest BCUT2D eigenvalue weighted by atomic mass is 9.33. The first-order valence-corrected chi connectivity index (χ1v) is 43.6. The Morgan fingerprint density at radius 3 is 1.13 bits per heavy atom. The monoisotopic (exact) mass is 1420 g/mol. The Bertz CT molecular complexity index is 1360. The van der Waals surface area contributed by atoms with Crippen LogP contribution in [-0.4, -0.2) is 70.0 Å². The Hall–Kier alpha value is -1.74. The van der Waals surface area contributed by atoms with Crippen LogP contribution in [0.5, 0.6) is 0 Å². The number of carbonyl (C=O) groups is 2. The zero-order chi connectivity index (χ0) is 85.1. The van der Waals surface area contributed by atoms with E-state index in [0.717, 1.165) is 44.9 Å². The van der Waals surface area contributed by atoms with Gasteiger partial charge < -0.3 is 29.9 Å². The van der Waals surface area contributed by atoms with Crippen molar-refractivity contribution in [3.05, 3.63) is 23.3 Å². The minimum absolute atomic E-state index is 0.118. The van der Waals surface area contributed by atoms with Gasteiger partial charge in [0.25, 0.3) is 0 Å². The Morgan fingerprint density at radius 1 is 0.459 bits per heavy atom. The Balaban J connectivity index is -0.0000000582. The number of ether oxygens (including phenoxy) is 2. The van der Waals surface area contributed by atoms with E-state index in [0.29, 0.717) is 31.3 Å². The molecule has 98 heavy (non-hydrogen) atoms. The molecule has 8 heteroatoms. The molecular weight excluding hydrogens is 1210 g/mol. The maximum Gasteiger partial charge on any atom is 0.333 e. The number of rotatable bonds is 9. The molecule has 4 saturated carbocycles. The van der Waals surface area contributed by atoms with Crippen molar-refractivity contribution < 1.29 is 39.5 Å². The third-order valence-corrected chi connectivity index (χ3v) is 15.7. The molecule has 0 aliphatic heterocycles. The average Bonchev–Trinajstić information content (AvgIpc) is 0.673. The zero-order valence-electron chi connectivity index (χ0n) is 80.5. The molecule has 8 nitrogen and oxygen atoms in total. The van der Waals surface area contributed by atoms with Crippen LogP contribution < -0.4 is 0 Å². The molecule has 0 bridgehead atoms. The average molecular weight is 1420 g/mol. The van der Waals surface area contributed by atoms with Gasteiger partial charge in [0, 0.05) is 17.4 Å². The fourth-order valence-electron chi connectivity index (χ4n) is 12.1. The van der Waals surface area contributed by atoms with Crippen LogP contribution in [0.2, 0.25) is 0 Å². The fraction of sp³-hybridized carbons (Fsp3) is 0.933. The van der Waals surface area contributed by atoms with Crippen molar-refractivity contribution in [3.8, 4) is 0 Å². The first kappa shape index (κ1) is 150. The van der Waals surface area contributed by atoms with Gasteiger partial charge in [0.05, 0.1) is 36.4 Å². The molecule has 620 valence electrons. The minimum atomic E-state index is -1.25. The topological polar surface area (TPSA) is 134 Å². The van der Waals surface area contributed by atoms with Crippen LogP contribution in [-0.2, 0) is 19.1 Å². The molecule has 12 atom stereocenters. The Kier molecular flexibility index (Phi) is 178. The summed E-state index contributed by atoms with van der Waals surface area (Å²) in [5.74, 6) is -0.525. The summed E-state index contributed by atoms with van der Waals surface area (Å²) < 4.78 is 11.8. The van der Waals surface area contributed by atoms with Crippen molar-refractivity contribution in [1.82, 2.24) is 0 Å². The highest BCUT2D eigenvalue weighted by atomic mass is 16.5. The number of hydrogen-bond donors (Lipinski definition) is 4. The van der Waals surface area contributed by atoms with Crippen LogP contribution in [0.15, 0.2) is 23.3 Å². The maximum atomic E-state index is 12.9. The third-order valence-electron chi connectivity index (χ3n) is 15.7. The van der Waals surface area contributed by atoms with Crippen LogP contribution >= 0.6 is 0 Å². The third kappa shape index (κ3) is 52.3. The standard InChI is InChI=1S/C41H66O8.C3H8.23C2H6/c1-10-12-13-14-32(44)48-24-41-27(21-36(4,5)33(45)34(41)46)26-15-16-29-37(6)19-18-30(42)38(7,23-49-35(47)25(3)11-2)28(37)17-20-39(29,8)40(26,9)22-31(41)43;1-3-2;23*1-2/h11,15,27-31,33-34,42-43,45-46H,10,12-14,16-24H2,1-9H3;3H2,1-2H3;23*1-2H3/b25-11+;;;;;;;;;;;;;;;;;;;;;;;;/t27?,28?,29?,30-,31+,33-,34-,37-,38+,39+,40+,41-;;;;;;;;;;;;;;;;;;;;;;;;/m0......................../s1. The van der Waals surface area contributed by atoms with Gasteiger partial charge in [-0.05, 0) is 105 Å². The molecule has 3 unspecified atom stereocenters. The molecule has 0 aromatic rings. The predicted molar refractivity (Wildman–Crippen MR) is 466 cm³/mol. The van der Waals surface area contributed by atoms with E-state index in [1.165, 1.54) is 12.0 Å². The molecule has 4 N–H and O–H groups in total. The van der Waals surface area contributed by atoms with Gasteiger partial charge in [-0.15, -0.1) is 0 Å². The lowest BCUT2D eigenvalue weighted by molar-refractivity contribution is -0.261. The second kappa shape index (κ2) is 116. The van der Waals surface area contributed by atoms with Gasteiger partial charge in [-0.3, -0.25) is 4.79 Å².